The summed E-state index contributed by atoms with van der Waals surface area (Å²) in [7, 11) is 0. The lowest BCUT2D eigenvalue weighted by molar-refractivity contribution is -0.384. The highest BCUT2D eigenvalue weighted by Gasteiger charge is 2.22. The molecule has 160 valence electrons. The second-order valence-electron chi connectivity index (χ2n) is 6.91. The number of non-ortho nitro benzene ring substituents is 1. The number of fused-ring (bicyclic) bond motifs is 1. The fourth-order valence-corrected chi connectivity index (χ4v) is 3.28. The van der Waals surface area contributed by atoms with Crippen molar-refractivity contribution in [3.05, 3.63) is 99.3 Å². The van der Waals surface area contributed by atoms with Crippen LogP contribution in [0.15, 0.2) is 77.2 Å². The van der Waals surface area contributed by atoms with Crippen LogP contribution in [0.1, 0.15) is 16.1 Å². The number of nitro benzene ring substituents is 1. The van der Waals surface area contributed by atoms with E-state index in [0.717, 1.165) is 5.56 Å². The van der Waals surface area contributed by atoms with Crippen LogP contribution in [0.2, 0.25) is 5.02 Å². The van der Waals surface area contributed by atoms with Gasteiger partial charge in [0.25, 0.3) is 11.6 Å². The number of halogens is 1. The zero-order valence-electron chi connectivity index (χ0n) is 16.5. The van der Waals surface area contributed by atoms with Crippen molar-refractivity contribution in [3.63, 3.8) is 0 Å². The zero-order valence-corrected chi connectivity index (χ0v) is 17.3. The van der Waals surface area contributed by atoms with Gasteiger partial charge in [0.1, 0.15) is 11.3 Å². The number of hydrogen-bond donors (Lipinski definition) is 2. The molecule has 2 N–H and O–H groups in total. The molecule has 4 rings (SSSR count). The van der Waals surface area contributed by atoms with Crippen molar-refractivity contribution in [2.24, 2.45) is 0 Å². The minimum absolute atomic E-state index is 0.0750. The topological polar surface area (TPSA) is 114 Å². The Morgan fingerprint density at radius 3 is 2.31 bits per heavy atom. The molecule has 0 bridgehead atoms. The Labute approximate surface area is 186 Å². The Morgan fingerprint density at radius 1 is 0.938 bits per heavy atom. The van der Waals surface area contributed by atoms with Crippen LogP contribution in [-0.2, 0) is 11.2 Å². The molecule has 1 heterocycles. The number of carbonyl (C=O) groups excluding carboxylic acids is 2. The van der Waals surface area contributed by atoms with E-state index in [4.69, 9.17) is 16.0 Å². The zero-order chi connectivity index (χ0) is 22.7. The van der Waals surface area contributed by atoms with Crippen LogP contribution in [-0.4, -0.2) is 16.7 Å². The standard InChI is InChI=1S/C23H16ClN3O5/c24-15-7-5-14(6-8-15)13-20(28)26-21-18-3-1-2-4-19(18)32-22(21)23(29)25-16-9-11-17(12-10-16)27(30)31/h1-12H,13H2,(H,25,29)(H,26,28). The number of para-hydroxylation sites is 1. The van der Waals surface area contributed by atoms with Gasteiger partial charge in [0.2, 0.25) is 11.7 Å². The normalized spacial score (nSPS) is 10.7. The molecule has 0 atom stereocenters. The van der Waals surface area contributed by atoms with Gasteiger partial charge in [0.05, 0.1) is 11.3 Å². The number of rotatable bonds is 6. The average molecular weight is 450 g/mol. The summed E-state index contributed by atoms with van der Waals surface area (Å²) < 4.78 is 5.71. The van der Waals surface area contributed by atoms with Crippen molar-refractivity contribution in [2.75, 3.05) is 10.6 Å². The highest BCUT2D eigenvalue weighted by molar-refractivity contribution is 6.30. The fourth-order valence-electron chi connectivity index (χ4n) is 3.16. The Balaban J connectivity index is 1.59. The minimum atomic E-state index is -0.600. The Kier molecular flexibility index (Phi) is 5.87. The average Bonchev–Trinajstić information content (AvgIpc) is 3.14. The van der Waals surface area contributed by atoms with Crippen LogP contribution in [0.25, 0.3) is 11.0 Å². The molecule has 0 aliphatic carbocycles. The van der Waals surface area contributed by atoms with Crippen molar-refractivity contribution < 1.29 is 18.9 Å². The van der Waals surface area contributed by atoms with Gasteiger partial charge in [-0.3, -0.25) is 19.7 Å². The largest absolute Gasteiger partial charge is 0.449 e. The van der Waals surface area contributed by atoms with E-state index in [0.29, 0.717) is 21.7 Å². The number of anilines is 2. The molecule has 1 aromatic heterocycles. The molecule has 0 spiro atoms. The molecule has 8 nitrogen and oxygen atoms in total. The first-order chi connectivity index (χ1) is 15.4. The number of amides is 2. The summed E-state index contributed by atoms with van der Waals surface area (Å²) in [6.07, 6.45) is 0.0834. The van der Waals surface area contributed by atoms with E-state index in [-0.39, 0.29) is 29.5 Å². The van der Waals surface area contributed by atoms with Gasteiger partial charge >= 0.3 is 0 Å². The maximum absolute atomic E-state index is 12.9. The van der Waals surface area contributed by atoms with Crippen molar-refractivity contribution in [1.29, 1.82) is 0 Å². The van der Waals surface area contributed by atoms with Gasteiger partial charge in [-0.2, -0.15) is 0 Å². The fraction of sp³-hybridized carbons (Fsp3) is 0.0435. The molecule has 0 fully saturated rings. The maximum atomic E-state index is 12.9. The molecule has 0 saturated carbocycles. The van der Waals surface area contributed by atoms with E-state index in [2.05, 4.69) is 10.6 Å². The van der Waals surface area contributed by atoms with Crippen LogP contribution in [0, 0.1) is 10.1 Å². The predicted octanol–water partition coefficient (Wildman–Crippen LogP) is 5.43. The monoisotopic (exact) mass is 449 g/mol. The third-order valence-corrected chi connectivity index (χ3v) is 4.93. The van der Waals surface area contributed by atoms with Gasteiger partial charge in [-0.1, -0.05) is 35.9 Å². The molecule has 3 aromatic carbocycles. The van der Waals surface area contributed by atoms with Crippen molar-refractivity contribution in [1.82, 2.24) is 0 Å². The molecule has 2 amide bonds. The summed E-state index contributed by atoms with van der Waals surface area (Å²) in [6.45, 7) is 0. The lowest BCUT2D eigenvalue weighted by Crippen LogP contribution is -2.18. The number of carbonyl (C=O) groups is 2. The summed E-state index contributed by atoms with van der Waals surface area (Å²) in [4.78, 5) is 35.8. The second-order valence-corrected chi connectivity index (χ2v) is 7.35. The summed E-state index contributed by atoms with van der Waals surface area (Å²) >= 11 is 5.88. The summed E-state index contributed by atoms with van der Waals surface area (Å²) in [5.41, 5.74) is 1.69. The third-order valence-electron chi connectivity index (χ3n) is 4.68. The Morgan fingerprint density at radius 2 is 1.62 bits per heavy atom. The van der Waals surface area contributed by atoms with Crippen LogP contribution in [0.4, 0.5) is 17.1 Å². The highest BCUT2D eigenvalue weighted by atomic mass is 35.5. The van der Waals surface area contributed by atoms with Crippen molar-refractivity contribution in [2.45, 2.75) is 6.42 Å². The van der Waals surface area contributed by atoms with E-state index in [9.17, 15) is 19.7 Å². The van der Waals surface area contributed by atoms with Gasteiger partial charge in [-0.05, 0) is 42.0 Å². The first kappa shape index (κ1) is 21.1. The summed E-state index contributed by atoms with van der Waals surface area (Å²) in [5.74, 6) is -1.01. The summed E-state index contributed by atoms with van der Waals surface area (Å²) in [5, 5.41) is 17.4. The van der Waals surface area contributed by atoms with Crippen LogP contribution in [0.3, 0.4) is 0 Å². The van der Waals surface area contributed by atoms with Crippen LogP contribution < -0.4 is 10.6 Å². The number of benzene rings is 3. The van der Waals surface area contributed by atoms with Crippen LogP contribution in [0.5, 0.6) is 0 Å². The minimum Gasteiger partial charge on any atom is -0.449 e. The number of nitro groups is 1. The Bertz CT molecular complexity index is 1310. The van der Waals surface area contributed by atoms with Gasteiger partial charge < -0.3 is 15.1 Å². The van der Waals surface area contributed by atoms with Crippen LogP contribution >= 0.6 is 11.6 Å². The van der Waals surface area contributed by atoms with E-state index < -0.39 is 10.8 Å². The van der Waals surface area contributed by atoms with Crippen molar-refractivity contribution in [3.8, 4) is 0 Å². The van der Waals surface area contributed by atoms with E-state index >= 15 is 0 Å². The molecule has 4 aromatic rings. The maximum Gasteiger partial charge on any atom is 0.293 e. The van der Waals surface area contributed by atoms with Gasteiger partial charge in [-0.25, -0.2) is 0 Å². The summed E-state index contributed by atoms with van der Waals surface area (Å²) in [6, 6.07) is 19.2. The predicted molar refractivity (Wildman–Crippen MR) is 121 cm³/mol. The molecule has 0 aliphatic rings. The van der Waals surface area contributed by atoms with Gasteiger partial charge in [0.15, 0.2) is 0 Å². The second kappa shape index (κ2) is 8.91. The van der Waals surface area contributed by atoms with E-state index in [1.165, 1.54) is 24.3 Å². The molecule has 0 saturated heterocycles. The van der Waals surface area contributed by atoms with Gasteiger partial charge in [0, 0.05) is 28.2 Å². The molecular weight excluding hydrogens is 434 g/mol. The third kappa shape index (κ3) is 4.60. The molecule has 32 heavy (non-hydrogen) atoms. The first-order valence-electron chi connectivity index (χ1n) is 9.52. The number of nitrogens with zero attached hydrogens (tertiary/aromatic N) is 1. The smallest absolute Gasteiger partial charge is 0.293 e. The lowest BCUT2D eigenvalue weighted by Gasteiger charge is -2.08. The molecule has 0 unspecified atom stereocenters. The van der Waals surface area contributed by atoms with E-state index in [1.807, 2.05) is 0 Å². The molecule has 0 radical (unpaired) electrons. The van der Waals surface area contributed by atoms with E-state index in [1.54, 1.807) is 48.5 Å². The SMILES string of the molecule is O=C(Cc1ccc(Cl)cc1)Nc1c(C(=O)Nc2ccc([N+](=O)[O-])cc2)oc2ccccc12. The lowest BCUT2D eigenvalue weighted by atomic mass is 10.1. The highest BCUT2D eigenvalue weighted by Crippen LogP contribution is 2.32. The molecular formula is C23H16ClN3O5. The Hall–Kier alpha value is -4.17. The van der Waals surface area contributed by atoms with Crippen molar-refractivity contribution >= 4 is 51.4 Å². The quantitative estimate of drug-likeness (QED) is 0.301. The number of furan rings is 1. The molecule has 9 heteroatoms. The van der Waals surface area contributed by atoms with Gasteiger partial charge in [-0.15, -0.1) is 0 Å². The first-order valence-corrected chi connectivity index (χ1v) is 9.90. The number of nitrogens with one attached hydrogen (secondary N) is 2. The number of hydrogen-bond acceptors (Lipinski definition) is 5. The molecule has 0 aliphatic heterocycles.